The first-order valence-corrected chi connectivity index (χ1v) is 6.34. The minimum absolute atomic E-state index is 0.0620. The van der Waals surface area contributed by atoms with E-state index < -0.39 is 4.92 Å². The Balaban J connectivity index is 2.58. The van der Waals surface area contributed by atoms with E-state index in [1.165, 1.54) is 20.3 Å². The van der Waals surface area contributed by atoms with Crippen molar-refractivity contribution < 1.29 is 19.1 Å². The third-order valence-electron chi connectivity index (χ3n) is 3.37. The number of nitro benzene ring substituents is 1. The molecule has 0 N–H and O–H groups in total. The summed E-state index contributed by atoms with van der Waals surface area (Å²) in [5.41, 5.74) is 0.183. The summed E-state index contributed by atoms with van der Waals surface area (Å²) in [4.78, 5) is 10.8. The van der Waals surface area contributed by atoms with Crippen molar-refractivity contribution in [2.75, 3.05) is 14.2 Å². The molecule has 0 bridgehead atoms. The fraction of sp³-hybridized carbons (Fsp3) is 0.429. The number of methoxy groups -OCH3 is 2. The molecule has 6 nitrogen and oxygen atoms in total. The Morgan fingerprint density at radius 3 is 2.45 bits per heavy atom. The van der Waals surface area contributed by atoms with Gasteiger partial charge in [0, 0.05) is 0 Å². The molecule has 1 aromatic rings. The fourth-order valence-electron chi connectivity index (χ4n) is 2.08. The van der Waals surface area contributed by atoms with Gasteiger partial charge >= 0.3 is 5.69 Å². The molecule has 0 radical (unpaired) electrons. The highest BCUT2D eigenvalue weighted by atomic mass is 16.6. The molecule has 0 heterocycles. The summed E-state index contributed by atoms with van der Waals surface area (Å²) >= 11 is 0. The highest BCUT2D eigenvalue weighted by Gasteiger charge is 2.31. The zero-order chi connectivity index (χ0) is 14.7. The first-order valence-electron chi connectivity index (χ1n) is 6.34. The van der Waals surface area contributed by atoms with Crippen LogP contribution in [0.5, 0.6) is 17.2 Å². The van der Waals surface area contributed by atoms with Crippen LogP contribution in [-0.4, -0.2) is 25.2 Å². The minimum Gasteiger partial charge on any atom is -0.493 e. The van der Waals surface area contributed by atoms with Crippen LogP contribution in [0.15, 0.2) is 12.6 Å². The molecule has 0 saturated heterocycles. The summed E-state index contributed by atoms with van der Waals surface area (Å²) in [5, 5.41) is 11.3. The molecule has 0 atom stereocenters. The molecule has 0 unspecified atom stereocenters. The predicted molar refractivity (Wildman–Crippen MR) is 74.6 cm³/mol. The summed E-state index contributed by atoms with van der Waals surface area (Å²) in [6.07, 6.45) is 4.43. The van der Waals surface area contributed by atoms with Gasteiger partial charge in [-0.05, 0) is 25.3 Å². The Bertz CT molecular complexity index is 537. The Labute approximate surface area is 117 Å². The number of nitrogens with zero attached hydrogens (tertiary/aromatic N) is 1. The molecule has 1 fully saturated rings. The SMILES string of the molecule is C=Cc1cc(OC)c(OC2CCC2)c(OC)c1[N+](=O)[O-]. The maximum atomic E-state index is 11.3. The van der Waals surface area contributed by atoms with Crippen LogP contribution in [0.3, 0.4) is 0 Å². The molecule has 0 aromatic heterocycles. The second-order valence-electron chi connectivity index (χ2n) is 4.51. The van der Waals surface area contributed by atoms with Crippen molar-refractivity contribution >= 4 is 11.8 Å². The van der Waals surface area contributed by atoms with Crippen molar-refractivity contribution in [3.8, 4) is 17.2 Å². The summed E-state index contributed by atoms with van der Waals surface area (Å²) in [6.45, 7) is 3.59. The zero-order valence-electron chi connectivity index (χ0n) is 11.5. The lowest BCUT2D eigenvalue weighted by Gasteiger charge is -2.28. The van der Waals surface area contributed by atoms with E-state index in [4.69, 9.17) is 14.2 Å². The molecular formula is C14H17NO5. The van der Waals surface area contributed by atoms with Crippen LogP contribution in [0.25, 0.3) is 6.08 Å². The van der Waals surface area contributed by atoms with Gasteiger partial charge in [0.1, 0.15) is 0 Å². The smallest absolute Gasteiger partial charge is 0.322 e. The lowest BCUT2D eigenvalue weighted by Crippen LogP contribution is -2.25. The Morgan fingerprint density at radius 1 is 1.35 bits per heavy atom. The maximum Gasteiger partial charge on any atom is 0.322 e. The van der Waals surface area contributed by atoms with Crippen LogP contribution in [0.1, 0.15) is 24.8 Å². The Morgan fingerprint density at radius 2 is 2.05 bits per heavy atom. The second kappa shape index (κ2) is 5.81. The Hall–Kier alpha value is -2.24. The predicted octanol–water partition coefficient (Wildman–Crippen LogP) is 3.19. The van der Waals surface area contributed by atoms with Crippen molar-refractivity contribution in [2.45, 2.75) is 25.4 Å². The molecule has 1 aliphatic rings. The average Bonchev–Trinajstić information content (AvgIpc) is 2.40. The number of benzene rings is 1. The van der Waals surface area contributed by atoms with Gasteiger partial charge in [-0.1, -0.05) is 12.7 Å². The summed E-state index contributed by atoms with van der Waals surface area (Å²) in [5.74, 6) is 0.780. The van der Waals surface area contributed by atoms with E-state index in [0.29, 0.717) is 11.3 Å². The van der Waals surface area contributed by atoms with Crippen LogP contribution in [0, 0.1) is 10.1 Å². The van der Waals surface area contributed by atoms with Crippen molar-refractivity contribution in [3.63, 3.8) is 0 Å². The molecule has 6 heteroatoms. The molecular weight excluding hydrogens is 262 g/mol. The van der Waals surface area contributed by atoms with Crippen molar-refractivity contribution in [3.05, 3.63) is 28.3 Å². The quantitative estimate of drug-likeness (QED) is 0.590. The molecule has 0 amide bonds. The maximum absolute atomic E-state index is 11.3. The number of hydrogen-bond donors (Lipinski definition) is 0. The third-order valence-corrected chi connectivity index (χ3v) is 3.37. The van der Waals surface area contributed by atoms with Crippen LogP contribution in [-0.2, 0) is 0 Å². The first kappa shape index (κ1) is 14.2. The van der Waals surface area contributed by atoms with E-state index in [1.807, 2.05) is 0 Å². The number of rotatable bonds is 6. The molecule has 1 saturated carbocycles. The van der Waals surface area contributed by atoms with Gasteiger partial charge in [0.05, 0.1) is 30.8 Å². The van der Waals surface area contributed by atoms with Crippen molar-refractivity contribution in [1.82, 2.24) is 0 Å². The van der Waals surface area contributed by atoms with Gasteiger partial charge in [-0.3, -0.25) is 10.1 Å². The molecule has 1 aromatic carbocycles. The molecule has 1 aliphatic carbocycles. The highest BCUT2D eigenvalue weighted by molar-refractivity contribution is 5.74. The summed E-state index contributed by atoms with van der Waals surface area (Å²) in [6, 6.07) is 1.54. The van der Waals surface area contributed by atoms with Crippen molar-refractivity contribution in [2.24, 2.45) is 0 Å². The lowest BCUT2D eigenvalue weighted by molar-refractivity contribution is -0.386. The van der Waals surface area contributed by atoms with Gasteiger partial charge in [-0.2, -0.15) is 0 Å². The van der Waals surface area contributed by atoms with Crippen LogP contribution < -0.4 is 14.2 Å². The highest BCUT2D eigenvalue weighted by Crippen LogP contribution is 2.48. The standard InChI is InChI=1S/C14H17NO5/c1-4-9-8-11(18-2)13(20-10-6-5-7-10)14(19-3)12(9)15(16)17/h4,8,10H,1,5-7H2,2-3H3. The van der Waals surface area contributed by atoms with Crippen LogP contribution >= 0.6 is 0 Å². The lowest BCUT2D eigenvalue weighted by atomic mass is 9.96. The van der Waals surface area contributed by atoms with Gasteiger partial charge in [0.2, 0.25) is 11.5 Å². The van der Waals surface area contributed by atoms with Crippen LogP contribution in [0.2, 0.25) is 0 Å². The summed E-state index contributed by atoms with van der Waals surface area (Å²) < 4.78 is 16.3. The first-order chi connectivity index (χ1) is 9.62. The number of ether oxygens (including phenoxy) is 3. The van der Waals surface area contributed by atoms with E-state index in [1.54, 1.807) is 6.07 Å². The molecule has 2 rings (SSSR count). The zero-order valence-corrected chi connectivity index (χ0v) is 11.5. The van der Waals surface area contributed by atoms with E-state index in [2.05, 4.69) is 6.58 Å². The minimum atomic E-state index is -0.497. The summed E-state index contributed by atoms with van der Waals surface area (Å²) in [7, 11) is 2.86. The van der Waals surface area contributed by atoms with Gasteiger partial charge in [-0.15, -0.1) is 0 Å². The van der Waals surface area contributed by atoms with Gasteiger partial charge in [0.25, 0.3) is 0 Å². The fourth-order valence-corrected chi connectivity index (χ4v) is 2.08. The van der Waals surface area contributed by atoms with Gasteiger partial charge in [0.15, 0.2) is 5.75 Å². The molecule has 0 aliphatic heterocycles. The largest absolute Gasteiger partial charge is 0.493 e. The average molecular weight is 279 g/mol. The second-order valence-corrected chi connectivity index (χ2v) is 4.51. The van der Waals surface area contributed by atoms with Gasteiger partial charge in [-0.25, -0.2) is 0 Å². The number of nitro groups is 1. The number of hydrogen-bond acceptors (Lipinski definition) is 5. The van der Waals surface area contributed by atoms with E-state index in [9.17, 15) is 10.1 Å². The van der Waals surface area contributed by atoms with E-state index in [-0.39, 0.29) is 23.3 Å². The molecule has 108 valence electrons. The van der Waals surface area contributed by atoms with Crippen LogP contribution in [0.4, 0.5) is 5.69 Å². The van der Waals surface area contributed by atoms with Gasteiger partial charge < -0.3 is 14.2 Å². The normalized spacial score (nSPS) is 14.3. The van der Waals surface area contributed by atoms with Crippen molar-refractivity contribution in [1.29, 1.82) is 0 Å². The topological polar surface area (TPSA) is 70.8 Å². The van der Waals surface area contributed by atoms with E-state index in [0.717, 1.165) is 19.3 Å². The van der Waals surface area contributed by atoms with E-state index >= 15 is 0 Å². The Kier molecular flexibility index (Phi) is 4.12. The third kappa shape index (κ3) is 2.41. The molecule has 20 heavy (non-hydrogen) atoms. The monoisotopic (exact) mass is 279 g/mol. The molecule has 0 spiro atoms.